The van der Waals surface area contributed by atoms with E-state index in [1.807, 2.05) is 12.1 Å². The molecule has 0 bridgehead atoms. The molecule has 1 aromatic rings. The molecule has 2 rings (SSSR count). The van der Waals surface area contributed by atoms with E-state index in [0.717, 1.165) is 19.4 Å². The lowest BCUT2D eigenvalue weighted by molar-refractivity contribution is 0.279. The number of pyridine rings is 1. The van der Waals surface area contributed by atoms with Crippen molar-refractivity contribution >= 4 is 5.69 Å². The molecule has 0 radical (unpaired) electrons. The molecule has 0 aromatic carbocycles. The molecule has 1 aliphatic rings. The predicted octanol–water partition coefficient (Wildman–Crippen LogP) is 1.83. The minimum absolute atomic E-state index is 0.282. The Balaban J connectivity index is 2.08. The fraction of sp³-hybridized carbons (Fsp3) is 0.615. The molecule has 1 saturated heterocycles. The van der Waals surface area contributed by atoms with E-state index in [9.17, 15) is 0 Å². The van der Waals surface area contributed by atoms with Gasteiger partial charge in [0.25, 0.3) is 0 Å². The summed E-state index contributed by atoms with van der Waals surface area (Å²) in [6.07, 6.45) is 6.16. The predicted molar refractivity (Wildman–Crippen MR) is 67.5 cm³/mol. The standard InChI is InChI=1S/C13H20N2O2/c1-17-13-10-12(6-7-14-13)15-8-2-4-11(15)5-3-9-16/h6-7,10-11,16H,2-5,8-9H2,1H3. The van der Waals surface area contributed by atoms with Gasteiger partial charge in [0.1, 0.15) is 0 Å². The van der Waals surface area contributed by atoms with Gasteiger partial charge in [-0.15, -0.1) is 0 Å². The molecule has 0 spiro atoms. The molecule has 1 atom stereocenters. The third-order valence-electron chi connectivity index (χ3n) is 3.33. The second kappa shape index (κ2) is 5.87. The van der Waals surface area contributed by atoms with Crippen molar-refractivity contribution in [2.45, 2.75) is 31.7 Å². The number of rotatable bonds is 5. The first-order valence-corrected chi connectivity index (χ1v) is 6.22. The minimum Gasteiger partial charge on any atom is -0.481 e. The molecule has 0 aliphatic carbocycles. The zero-order valence-electron chi connectivity index (χ0n) is 10.3. The van der Waals surface area contributed by atoms with Crippen LogP contribution in [0.2, 0.25) is 0 Å². The van der Waals surface area contributed by atoms with Gasteiger partial charge in [-0.1, -0.05) is 0 Å². The maximum atomic E-state index is 8.92. The van der Waals surface area contributed by atoms with Crippen molar-refractivity contribution in [3.05, 3.63) is 18.3 Å². The number of aliphatic hydroxyl groups excluding tert-OH is 1. The summed E-state index contributed by atoms with van der Waals surface area (Å²) < 4.78 is 5.15. The summed E-state index contributed by atoms with van der Waals surface area (Å²) in [5.41, 5.74) is 1.18. The molecule has 0 saturated carbocycles. The van der Waals surface area contributed by atoms with E-state index < -0.39 is 0 Å². The summed E-state index contributed by atoms with van der Waals surface area (Å²) in [7, 11) is 1.64. The van der Waals surface area contributed by atoms with Crippen LogP contribution in [0.1, 0.15) is 25.7 Å². The molecule has 2 heterocycles. The SMILES string of the molecule is COc1cc(N2CCCC2CCCO)ccn1. The van der Waals surface area contributed by atoms with Crippen molar-refractivity contribution in [1.29, 1.82) is 0 Å². The number of anilines is 1. The van der Waals surface area contributed by atoms with Crippen LogP contribution in [0, 0.1) is 0 Å². The number of aromatic nitrogens is 1. The average molecular weight is 236 g/mol. The maximum absolute atomic E-state index is 8.92. The topological polar surface area (TPSA) is 45.6 Å². The first kappa shape index (κ1) is 12.2. The van der Waals surface area contributed by atoms with Gasteiger partial charge in [0.2, 0.25) is 5.88 Å². The van der Waals surface area contributed by atoms with Crippen molar-refractivity contribution in [3.8, 4) is 5.88 Å². The molecule has 94 valence electrons. The lowest BCUT2D eigenvalue weighted by Gasteiger charge is -2.26. The van der Waals surface area contributed by atoms with Crippen molar-refractivity contribution in [3.63, 3.8) is 0 Å². The Kier molecular flexibility index (Phi) is 4.20. The van der Waals surface area contributed by atoms with E-state index in [-0.39, 0.29) is 6.61 Å². The van der Waals surface area contributed by atoms with Crippen molar-refractivity contribution in [1.82, 2.24) is 4.98 Å². The van der Waals surface area contributed by atoms with E-state index in [1.165, 1.54) is 18.5 Å². The highest BCUT2D eigenvalue weighted by atomic mass is 16.5. The minimum atomic E-state index is 0.282. The summed E-state index contributed by atoms with van der Waals surface area (Å²) in [5.74, 6) is 0.662. The highest BCUT2D eigenvalue weighted by Gasteiger charge is 2.24. The summed E-state index contributed by atoms with van der Waals surface area (Å²) in [5, 5.41) is 8.92. The zero-order chi connectivity index (χ0) is 12.1. The van der Waals surface area contributed by atoms with E-state index in [2.05, 4.69) is 9.88 Å². The van der Waals surface area contributed by atoms with Crippen molar-refractivity contribution in [2.75, 3.05) is 25.2 Å². The second-order valence-corrected chi connectivity index (χ2v) is 4.41. The van der Waals surface area contributed by atoms with Gasteiger partial charge < -0.3 is 14.7 Å². The summed E-state index contributed by atoms with van der Waals surface area (Å²) in [4.78, 5) is 6.53. The smallest absolute Gasteiger partial charge is 0.214 e. The van der Waals surface area contributed by atoms with Gasteiger partial charge in [0.05, 0.1) is 7.11 Å². The normalized spacial score (nSPS) is 19.6. The number of hydrogen-bond donors (Lipinski definition) is 1. The first-order valence-electron chi connectivity index (χ1n) is 6.22. The molecule has 1 aliphatic heterocycles. The largest absolute Gasteiger partial charge is 0.481 e. The Morgan fingerprint density at radius 2 is 2.47 bits per heavy atom. The van der Waals surface area contributed by atoms with Crippen LogP contribution in [0.4, 0.5) is 5.69 Å². The quantitative estimate of drug-likeness (QED) is 0.847. The average Bonchev–Trinajstić information content (AvgIpc) is 2.84. The Morgan fingerprint density at radius 3 is 3.24 bits per heavy atom. The van der Waals surface area contributed by atoms with E-state index in [0.29, 0.717) is 11.9 Å². The summed E-state index contributed by atoms with van der Waals surface area (Å²) >= 11 is 0. The van der Waals surface area contributed by atoms with Gasteiger partial charge in [0, 0.05) is 37.1 Å². The number of aliphatic hydroxyl groups is 1. The lowest BCUT2D eigenvalue weighted by atomic mass is 10.1. The van der Waals surface area contributed by atoms with Crippen LogP contribution in [0.25, 0.3) is 0 Å². The molecule has 17 heavy (non-hydrogen) atoms. The fourth-order valence-electron chi connectivity index (χ4n) is 2.49. The molecule has 1 N–H and O–H groups in total. The Morgan fingerprint density at radius 1 is 1.59 bits per heavy atom. The Labute approximate surface area is 102 Å². The van der Waals surface area contributed by atoms with Gasteiger partial charge in [-0.2, -0.15) is 0 Å². The number of hydrogen-bond acceptors (Lipinski definition) is 4. The number of ether oxygens (including phenoxy) is 1. The monoisotopic (exact) mass is 236 g/mol. The van der Waals surface area contributed by atoms with Crippen molar-refractivity contribution < 1.29 is 9.84 Å². The molecule has 1 fully saturated rings. The van der Waals surface area contributed by atoms with Crippen LogP contribution in [-0.4, -0.2) is 36.4 Å². The maximum Gasteiger partial charge on any atom is 0.214 e. The second-order valence-electron chi connectivity index (χ2n) is 4.41. The van der Waals surface area contributed by atoms with Crippen LogP contribution < -0.4 is 9.64 Å². The highest BCUT2D eigenvalue weighted by Crippen LogP contribution is 2.29. The third-order valence-corrected chi connectivity index (χ3v) is 3.33. The van der Waals surface area contributed by atoms with Crippen LogP contribution in [0.5, 0.6) is 5.88 Å². The molecule has 0 amide bonds. The molecule has 1 aromatic heterocycles. The van der Waals surface area contributed by atoms with Gasteiger partial charge in [-0.25, -0.2) is 4.98 Å². The molecular weight excluding hydrogens is 216 g/mol. The van der Waals surface area contributed by atoms with Crippen molar-refractivity contribution in [2.24, 2.45) is 0 Å². The van der Waals surface area contributed by atoms with E-state index in [4.69, 9.17) is 9.84 Å². The molecule has 4 heteroatoms. The zero-order valence-corrected chi connectivity index (χ0v) is 10.3. The van der Waals surface area contributed by atoms with Gasteiger partial charge >= 0.3 is 0 Å². The van der Waals surface area contributed by atoms with Crippen LogP contribution in [0.15, 0.2) is 18.3 Å². The Hall–Kier alpha value is -1.29. The number of methoxy groups -OCH3 is 1. The van der Waals surface area contributed by atoms with Gasteiger partial charge in [0.15, 0.2) is 0 Å². The lowest BCUT2D eigenvalue weighted by Crippen LogP contribution is -2.29. The first-order chi connectivity index (χ1) is 8.35. The molecule has 1 unspecified atom stereocenters. The number of nitrogens with zero attached hydrogens (tertiary/aromatic N) is 2. The van der Waals surface area contributed by atoms with E-state index >= 15 is 0 Å². The van der Waals surface area contributed by atoms with Gasteiger partial charge in [-0.05, 0) is 31.7 Å². The van der Waals surface area contributed by atoms with E-state index in [1.54, 1.807) is 13.3 Å². The van der Waals surface area contributed by atoms with Gasteiger partial charge in [-0.3, -0.25) is 0 Å². The van der Waals surface area contributed by atoms with Crippen LogP contribution in [-0.2, 0) is 0 Å². The molecule has 4 nitrogen and oxygen atoms in total. The Bertz CT molecular complexity index is 357. The molecular formula is C13H20N2O2. The van der Waals surface area contributed by atoms with Crippen LogP contribution >= 0.6 is 0 Å². The fourth-order valence-corrected chi connectivity index (χ4v) is 2.49. The third kappa shape index (κ3) is 2.88. The summed E-state index contributed by atoms with van der Waals surface area (Å²) in [6, 6.07) is 4.56. The highest BCUT2D eigenvalue weighted by molar-refractivity contribution is 5.49. The van der Waals surface area contributed by atoms with Crippen LogP contribution in [0.3, 0.4) is 0 Å². The summed E-state index contributed by atoms with van der Waals surface area (Å²) in [6.45, 7) is 1.37.